The van der Waals surface area contributed by atoms with E-state index in [2.05, 4.69) is 16.7 Å². The number of carbonyl (C=O) groups excluding carboxylic acids is 3. The Morgan fingerprint density at radius 3 is 2.63 bits per heavy atom. The van der Waals surface area contributed by atoms with E-state index in [9.17, 15) is 24.4 Å². The summed E-state index contributed by atoms with van der Waals surface area (Å²) in [5.74, 6) is -1.74. The lowest BCUT2D eigenvalue weighted by Crippen LogP contribution is -2.39. The molecule has 0 radical (unpaired) electrons. The molecule has 0 fully saturated rings. The second kappa shape index (κ2) is 12.3. The third-order valence-corrected chi connectivity index (χ3v) is 7.65. The summed E-state index contributed by atoms with van der Waals surface area (Å²) in [6.07, 6.45) is -0.300. The van der Waals surface area contributed by atoms with Crippen molar-refractivity contribution in [3.8, 4) is 6.07 Å². The van der Waals surface area contributed by atoms with Crippen LogP contribution in [0.2, 0.25) is 0 Å². The average molecular weight is 559 g/mol. The van der Waals surface area contributed by atoms with Crippen LogP contribution in [0.3, 0.4) is 0 Å². The van der Waals surface area contributed by atoms with E-state index in [1.54, 1.807) is 56.9 Å². The summed E-state index contributed by atoms with van der Waals surface area (Å²) in [6.45, 7) is 7.90. The Balaban J connectivity index is 1.64. The number of anilines is 2. The largest absolute Gasteiger partial charge is 0.481 e. The van der Waals surface area contributed by atoms with Crippen LogP contribution in [0.15, 0.2) is 29.2 Å². The third-order valence-electron chi connectivity index (χ3n) is 5.42. The Labute approximate surface area is 229 Å². The predicted octanol–water partition coefficient (Wildman–Crippen LogP) is 4.84. The molecule has 1 unspecified atom stereocenters. The number of nitrogens with one attached hydrogen (secondary N) is 2. The van der Waals surface area contributed by atoms with E-state index in [1.807, 2.05) is 0 Å². The van der Waals surface area contributed by atoms with Gasteiger partial charge in [0, 0.05) is 28.4 Å². The molecule has 0 saturated heterocycles. The van der Waals surface area contributed by atoms with Gasteiger partial charge in [0.15, 0.2) is 0 Å². The van der Waals surface area contributed by atoms with Crippen LogP contribution in [0, 0.1) is 11.3 Å². The SMILES string of the molecule is CC(Sc1cccc(NC(=O)CCC(=O)O)c1)C(=O)Nc1sc2c(c1C#N)CCN(C(=O)OC(C)(C)C)C2. The molecule has 202 valence electrons. The van der Waals surface area contributed by atoms with E-state index in [0.717, 1.165) is 15.3 Å². The van der Waals surface area contributed by atoms with Crippen molar-refractivity contribution < 1.29 is 29.0 Å². The highest BCUT2D eigenvalue weighted by molar-refractivity contribution is 8.00. The summed E-state index contributed by atoms with van der Waals surface area (Å²) in [4.78, 5) is 51.2. The van der Waals surface area contributed by atoms with Gasteiger partial charge in [-0.1, -0.05) is 6.07 Å². The number of carbonyl (C=O) groups is 4. The summed E-state index contributed by atoms with van der Waals surface area (Å²) in [7, 11) is 0. The molecule has 1 aliphatic heterocycles. The van der Waals surface area contributed by atoms with Gasteiger partial charge in [-0.2, -0.15) is 5.26 Å². The molecule has 2 aromatic rings. The highest BCUT2D eigenvalue weighted by Crippen LogP contribution is 2.37. The molecular weight excluding hydrogens is 528 g/mol. The van der Waals surface area contributed by atoms with E-state index in [0.29, 0.717) is 35.8 Å². The molecule has 10 nitrogen and oxygen atoms in total. The first-order valence-corrected chi connectivity index (χ1v) is 13.7. The average Bonchev–Trinajstić information content (AvgIpc) is 3.17. The van der Waals surface area contributed by atoms with Crippen molar-refractivity contribution in [2.45, 2.75) is 69.2 Å². The van der Waals surface area contributed by atoms with Crippen molar-refractivity contribution in [2.75, 3.05) is 17.2 Å². The van der Waals surface area contributed by atoms with Crippen LogP contribution in [0.5, 0.6) is 0 Å². The van der Waals surface area contributed by atoms with Crippen molar-refractivity contribution in [3.63, 3.8) is 0 Å². The van der Waals surface area contributed by atoms with Crippen LogP contribution in [-0.4, -0.2) is 51.3 Å². The summed E-state index contributed by atoms with van der Waals surface area (Å²) in [6, 6.07) is 9.13. The van der Waals surface area contributed by atoms with Gasteiger partial charge in [0.25, 0.3) is 0 Å². The van der Waals surface area contributed by atoms with Crippen LogP contribution < -0.4 is 10.6 Å². The maximum absolute atomic E-state index is 13.0. The number of fused-ring (bicyclic) bond motifs is 1. The van der Waals surface area contributed by atoms with Crippen molar-refractivity contribution >= 4 is 57.7 Å². The summed E-state index contributed by atoms with van der Waals surface area (Å²) >= 11 is 2.57. The Morgan fingerprint density at radius 2 is 1.97 bits per heavy atom. The minimum atomic E-state index is -1.05. The highest BCUT2D eigenvalue weighted by atomic mass is 32.2. The molecule has 12 heteroatoms. The summed E-state index contributed by atoms with van der Waals surface area (Å²) < 4.78 is 5.47. The number of rotatable bonds is 8. The van der Waals surface area contributed by atoms with Gasteiger partial charge in [-0.25, -0.2) is 4.79 Å². The van der Waals surface area contributed by atoms with E-state index < -0.39 is 28.8 Å². The number of amides is 3. The zero-order valence-corrected chi connectivity index (χ0v) is 23.3. The van der Waals surface area contributed by atoms with Gasteiger partial charge >= 0.3 is 12.1 Å². The van der Waals surface area contributed by atoms with Crippen molar-refractivity contribution in [2.24, 2.45) is 0 Å². The first-order chi connectivity index (χ1) is 17.9. The van der Waals surface area contributed by atoms with E-state index in [1.165, 1.54) is 23.1 Å². The Hall–Kier alpha value is -3.56. The van der Waals surface area contributed by atoms with Gasteiger partial charge < -0.3 is 25.4 Å². The summed E-state index contributed by atoms with van der Waals surface area (Å²) in [5.41, 5.74) is 1.16. The van der Waals surface area contributed by atoms with E-state index >= 15 is 0 Å². The number of thiophene rings is 1. The van der Waals surface area contributed by atoms with Crippen molar-refractivity contribution in [1.29, 1.82) is 5.26 Å². The van der Waals surface area contributed by atoms with Crippen LogP contribution >= 0.6 is 23.1 Å². The van der Waals surface area contributed by atoms with Gasteiger partial charge in [-0.05, 0) is 57.9 Å². The molecule has 3 N–H and O–H groups in total. The third kappa shape index (κ3) is 7.97. The highest BCUT2D eigenvalue weighted by Gasteiger charge is 2.30. The number of thioether (sulfide) groups is 1. The fourth-order valence-corrected chi connectivity index (χ4v) is 5.80. The number of benzene rings is 1. The zero-order chi connectivity index (χ0) is 28.0. The molecule has 1 atom stereocenters. The zero-order valence-electron chi connectivity index (χ0n) is 21.6. The molecule has 3 rings (SSSR count). The lowest BCUT2D eigenvalue weighted by atomic mass is 10.0. The molecular formula is C26H30N4O6S2. The van der Waals surface area contributed by atoms with Gasteiger partial charge in [0.1, 0.15) is 16.7 Å². The second-order valence-electron chi connectivity index (χ2n) is 9.69. The van der Waals surface area contributed by atoms with E-state index in [4.69, 9.17) is 9.84 Å². The molecule has 3 amide bonds. The van der Waals surface area contributed by atoms with E-state index in [-0.39, 0.29) is 18.7 Å². The number of hydrogen-bond donors (Lipinski definition) is 3. The molecule has 38 heavy (non-hydrogen) atoms. The Bertz CT molecular complexity index is 1280. The molecule has 1 aromatic carbocycles. The van der Waals surface area contributed by atoms with Gasteiger partial charge in [0.2, 0.25) is 11.8 Å². The van der Waals surface area contributed by atoms with Gasteiger partial charge in [0.05, 0.1) is 23.8 Å². The standard InChI is InChI=1S/C26H30N4O6S2/c1-15(37-17-7-5-6-16(12-17)28-21(31)8-9-22(32)33)23(34)29-24-19(13-27)18-10-11-30(14-20(18)38-24)25(35)36-26(2,3)4/h5-7,12,15H,8-11,14H2,1-4H3,(H,28,31)(H,29,34)(H,32,33). The number of carboxylic acid groups (broad SMARTS) is 1. The van der Waals surface area contributed by atoms with Gasteiger partial charge in [-0.15, -0.1) is 23.1 Å². The topological polar surface area (TPSA) is 149 Å². The normalized spacial score (nSPS) is 13.6. The lowest BCUT2D eigenvalue weighted by molar-refractivity contribution is -0.138. The van der Waals surface area contributed by atoms with Crippen LogP contribution in [-0.2, 0) is 32.1 Å². The second-order valence-corrected chi connectivity index (χ2v) is 12.2. The van der Waals surface area contributed by atoms with Gasteiger partial charge in [-0.3, -0.25) is 14.4 Å². The number of carboxylic acids is 1. The van der Waals surface area contributed by atoms with Crippen LogP contribution in [0.1, 0.15) is 56.5 Å². The number of hydrogen-bond acceptors (Lipinski definition) is 8. The maximum atomic E-state index is 13.0. The molecule has 0 aliphatic carbocycles. The number of nitriles is 1. The number of nitrogens with zero attached hydrogens (tertiary/aromatic N) is 2. The molecule has 1 aromatic heterocycles. The lowest BCUT2D eigenvalue weighted by Gasteiger charge is -2.29. The molecule has 0 spiro atoms. The fraction of sp³-hybridized carbons (Fsp3) is 0.423. The van der Waals surface area contributed by atoms with Crippen LogP contribution in [0.4, 0.5) is 15.5 Å². The Morgan fingerprint density at radius 1 is 1.24 bits per heavy atom. The van der Waals surface area contributed by atoms with Crippen LogP contribution in [0.25, 0.3) is 0 Å². The molecule has 1 aliphatic rings. The predicted molar refractivity (Wildman–Crippen MR) is 145 cm³/mol. The minimum Gasteiger partial charge on any atom is -0.481 e. The number of aliphatic carboxylic acids is 1. The minimum absolute atomic E-state index is 0.132. The first kappa shape index (κ1) is 29.0. The van der Waals surface area contributed by atoms with Crippen molar-refractivity contribution in [1.82, 2.24) is 4.90 Å². The summed E-state index contributed by atoms with van der Waals surface area (Å²) in [5, 5.41) is 24.0. The molecule has 0 saturated carbocycles. The number of ether oxygens (including phenoxy) is 1. The fourth-order valence-electron chi connectivity index (χ4n) is 3.65. The smallest absolute Gasteiger partial charge is 0.410 e. The first-order valence-electron chi connectivity index (χ1n) is 12.0. The molecule has 2 heterocycles. The Kier molecular flexibility index (Phi) is 9.40. The monoisotopic (exact) mass is 558 g/mol. The quantitative estimate of drug-likeness (QED) is 0.390. The molecule has 0 bridgehead atoms. The maximum Gasteiger partial charge on any atom is 0.410 e. The van der Waals surface area contributed by atoms with Crippen molar-refractivity contribution in [3.05, 3.63) is 40.3 Å².